The van der Waals surface area contributed by atoms with Crippen LogP contribution >= 0.6 is 0 Å². The van der Waals surface area contributed by atoms with Crippen molar-refractivity contribution >= 4 is 23.2 Å². The van der Waals surface area contributed by atoms with Crippen molar-refractivity contribution in [2.75, 3.05) is 16.8 Å². The van der Waals surface area contributed by atoms with Gasteiger partial charge in [-0.25, -0.2) is 0 Å². The molecule has 4 nitrogen and oxygen atoms in total. The Morgan fingerprint density at radius 2 is 1.71 bits per heavy atom. The standard InChI is InChI=1S/C20H24N2O2/c1-14-6-5-7-18(12-14)21-20(24)10-11-22(17(4)23)19-13-15(2)8-9-16(19)3/h5-9,12-13H,10-11H2,1-4H3,(H,21,24). The molecule has 2 aromatic rings. The first-order chi connectivity index (χ1) is 11.4. The van der Waals surface area contributed by atoms with Crippen LogP contribution < -0.4 is 10.2 Å². The molecule has 1 N–H and O–H groups in total. The number of benzene rings is 2. The maximum absolute atomic E-state index is 12.2. The van der Waals surface area contributed by atoms with E-state index in [-0.39, 0.29) is 18.2 Å². The fourth-order valence-corrected chi connectivity index (χ4v) is 2.62. The third kappa shape index (κ3) is 4.69. The SMILES string of the molecule is CC(=O)N(CCC(=O)Nc1cccc(C)c1)c1cc(C)ccc1C. The third-order valence-electron chi connectivity index (χ3n) is 3.90. The second-order valence-corrected chi connectivity index (χ2v) is 6.13. The summed E-state index contributed by atoms with van der Waals surface area (Å²) in [6, 6.07) is 13.7. The van der Waals surface area contributed by atoms with Gasteiger partial charge in [0.2, 0.25) is 11.8 Å². The number of carbonyl (C=O) groups is 2. The third-order valence-corrected chi connectivity index (χ3v) is 3.90. The molecule has 0 spiro atoms. The molecule has 0 fully saturated rings. The van der Waals surface area contributed by atoms with Crippen LogP contribution in [0.25, 0.3) is 0 Å². The average Bonchev–Trinajstić information content (AvgIpc) is 2.50. The molecule has 0 saturated heterocycles. The van der Waals surface area contributed by atoms with Gasteiger partial charge in [0, 0.05) is 31.3 Å². The predicted molar refractivity (Wildman–Crippen MR) is 98.4 cm³/mol. The molecule has 2 amide bonds. The molecular weight excluding hydrogens is 300 g/mol. The van der Waals surface area contributed by atoms with Crippen molar-refractivity contribution in [2.24, 2.45) is 0 Å². The van der Waals surface area contributed by atoms with Crippen LogP contribution in [-0.2, 0) is 9.59 Å². The maximum Gasteiger partial charge on any atom is 0.226 e. The Hall–Kier alpha value is -2.62. The molecule has 0 bridgehead atoms. The summed E-state index contributed by atoms with van der Waals surface area (Å²) in [5.74, 6) is -0.163. The minimum absolute atomic E-state index is 0.0629. The molecule has 0 aliphatic carbocycles. The van der Waals surface area contributed by atoms with E-state index in [0.29, 0.717) is 6.54 Å². The number of nitrogens with one attached hydrogen (secondary N) is 1. The molecule has 0 atom stereocenters. The van der Waals surface area contributed by atoms with Gasteiger partial charge < -0.3 is 10.2 Å². The summed E-state index contributed by atoms with van der Waals surface area (Å²) < 4.78 is 0. The predicted octanol–water partition coefficient (Wildman–Crippen LogP) is 3.99. The minimum Gasteiger partial charge on any atom is -0.326 e. The van der Waals surface area contributed by atoms with Crippen LogP contribution in [0, 0.1) is 20.8 Å². The second kappa shape index (κ2) is 7.77. The van der Waals surface area contributed by atoms with Gasteiger partial charge >= 0.3 is 0 Å². The van der Waals surface area contributed by atoms with Crippen LogP contribution in [0.1, 0.15) is 30.0 Å². The van der Waals surface area contributed by atoms with Gasteiger partial charge in [-0.1, -0.05) is 24.3 Å². The Labute approximate surface area is 143 Å². The van der Waals surface area contributed by atoms with Gasteiger partial charge in [0.1, 0.15) is 0 Å². The highest BCUT2D eigenvalue weighted by Gasteiger charge is 2.15. The van der Waals surface area contributed by atoms with Crippen molar-refractivity contribution in [3.05, 3.63) is 59.2 Å². The lowest BCUT2D eigenvalue weighted by atomic mass is 10.1. The normalized spacial score (nSPS) is 10.3. The summed E-state index contributed by atoms with van der Waals surface area (Å²) in [6.07, 6.45) is 0.251. The monoisotopic (exact) mass is 324 g/mol. The van der Waals surface area contributed by atoms with Crippen LogP contribution in [0.3, 0.4) is 0 Å². The largest absolute Gasteiger partial charge is 0.326 e. The highest BCUT2D eigenvalue weighted by Crippen LogP contribution is 2.22. The van der Waals surface area contributed by atoms with Gasteiger partial charge in [-0.2, -0.15) is 0 Å². The number of amides is 2. The van der Waals surface area contributed by atoms with Crippen molar-refractivity contribution < 1.29 is 9.59 Å². The van der Waals surface area contributed by atoms with Gasteiger partial charge in [-0.15, -0.1) is 0 Å². The van der Waals surface area contributed by atoms with Gasteiger partial charge in [-0.05, 0) is 55.7 Å². The summed E-state index contributed by atoms with van der Waals surface area (Å²) in [5.41, 5.74) is 4.85. The zero-order chi connectivity index (χ0) is 17.7. The van der Waals surface area contributed by atoms with E-state index in [0.717, 1.165) is 28.1 Å². The summed E-state index contributed by atoms with van der Waals surface area (Å²) >= 11 is 0. The van der Waals surface area contributed by atoms with Crippen molar-refractivity contribution in [3.8, 4) is 0 Å². The average molecular weight is 324 g/mol. The zero-order valence-corrected chi connectivity index (χ0v) is 14.7. The van der Waals surface area contributed by atoms with Gasteiger partial charge in [0.25, 0.3) is 0 Å². The molecular formula is C20H24N2O2. The Kier molecular flexibility index (Phi) is 5.74. The molecule has 0 radical (unpaired) electrons. The first kappa shape index (κ1) is 17.7. The second-order valence-electron chi connectivity index (χ2n) is 6.13. The van der Waals surface area contributed by atoms with Crippen molar-refractivity contribution in [3.63, 3.8) is 0 Å². The first-order valence-corrected chi connectivity index (χ1v) is 8.08. The van der Waals surface area contributed by atoms with Crippen LogP contribution in [0.15, 0.2) is 42.5 Å². The number of nitrogens with zero attached hydrogens (tertiary/aromatic N) is 1. The van der Waals surface area contributed by atoms with E-state index in [1.54, 1.807) is 4.90 Å². The van der Waals surface area contributed by atoms with E-state index in [1.807, 2.05) is 63.2 Å². The topological polar surface area (TPSA) is 49.4 Å². The summed E-state index contributed by atoms with van der Waals surface area (Å²) in [5, 5.41) is 2.88. The molecule has 4 heteroatoms. The van der Waals surface area contributed by atoms with E-state index in [1.165, 1.54) is 6.92 Å². The molecule has 126 valence electrons. The minimum atomic E-state index is -0.0999. The fourth-order valence-electron chi connectivity index (χ4n) is 2.62. The molecule has 0 saturated carbocycles. The molecule has 2 aromatic carbocycles. The smallest absolute Gasteiger partial charge is 0.226 e. The van der Waals surface area contributed by atoms with Gasteiger partial charge in [-0.3, -0.25) is 9.59 Å². The summed E-state index contributed by atoms with van der Waals surface area (Å²) in [4.78, 5) is 25.9. The number of carbonyl (C=O) groups excluding carboxylic acids is 2. The Balaban J connectivity index is 2.05. The molecule has 0 heterocycles. The van der Waals surface area contributed by atoms with Gasteiger partial charge in [0.05, 0.1) is 0 Å². The molecule has 0 aliphatic rings. The van der Waals surface area contributed by atoms with Crippen molar-refractivity contribution in [1.29, 1.82) is 0 Å². The molecule has 0 aromatic heterocycles. The number of hydrogen-bond acceptors (Lipinski definition) is 2. The Morgan fingerprint density at radius 3 is 2.38 bits per heavy atom. The van der Waals surface area contributed by atoms with Crippen molar-refractivity contribution in [1.82, 2.24) is 0 Å². The van der Waals surface area contributed by atoms with Crippen LogP contribution in [0.5, 0.6) is 0 Å². The van der Waals surface area contributed by atoms with E-state index in [9.17, 15) is 9.59 Å². The van der Waals surface area contributed by atoms with Crippen LogP contribution in [0.4, 0.5) is 11.4 Å². The van der Waals surface area contributed by atoms with Gasteiger partial charge in [0.15, 0.2) is 0 Å². The van der Waals surface area contributed by atoms with E-state index in [2.05, 4.69) is 5.32 Å². The molecule has 0 unspecified atom stereocenters. The number of aryl methyl sites for hydroxylation is 3. The molecule has 2 rings (SSSR count). The summed E-state index contributed by atoms with van der Waals surface area (Å²) in [6.45, 7) is 7.83. The van der Waals surface area contributed by atoms with E-state index in [4.69, 9.17) is 0 Å². The maximum atomic E-state index is 12.2. The highest BCUT2D eigenvalue weighted by molar-refractivity contribution is 5.95. The highest BCUT2D eigenvalue weighted by atomic mass is 16.2. The van der Waals surface area contributed by atoms with Crippen LogP contribution in [0.2, 0.25) is 0 Å². The van der Waals surface area contributed by atoms with Crippen LogP contribution in [-0.4, -0.2) is 18.4 Å². The number of hydrogen-bond donors (Lipinski definition) is 1. The lowest BCUT2D eigenvalue weighted by Crippen LogP contribution is -2.32. The summed E-state index contributed by atoms with van der Waals surface area (Å²) in [7, 11) is 0. The van der Waals surface area contributed by atoms with E-state index < -0.39 is 0 Å². The van der Waals surface area contributed by atoms with Crippen molar-refractivity contribution in [2.45, 2.75) is 34.1 Å². The number of rotatable bonds is 5. The first-order valence-electron chi connectivity index (χ1n) is 8.08. The van der Waals surface area contributed by atoms with E-state index >= 15 is 0 Å². The molecule has 0 aliphatic heterocycles. The zero-order valence-electron chi connectivity index (χ0n) is 14.7. The number of anilines is 2. The Morgan fingerprint density at radius 1 is 1.00 bits per heavy atom. The fraction of sp³-hybridized carbons (Fsp3) is 0.300. The lowest BCUT2D eigenvalue weighted by molar-refractivity contribution is -0.117. The molecule has 24 heavy (non-hydrogen) atoms. The lowest BCUT2D eigenvalue weighted by Gasteiger charge is -2.23. The quantitative estimate of drug-likeness (QED) is 0.904. The Bertz CT molecular complexity index is 753.